The first kappa shape index (κ1) is 22.0. The maximum atomic E-state index is 14.4. The number of amides is 1. The third-order valence-corrected chi connectivity index (χ3v) is 5.77. The Morgan fingerprint density at radius 1 is 1.23 bits per heavy atom. The number of anilines is 2. The average Bonchev–Trinajstić information content (AvgIpc) is 2.80. The van der Waals surface area contributed by atoms with Gasteiger partial charge in [0.15, 0.2) is 0 Å². The van der Waals surface area contributed by atoms with E-state index >= 15 is 0 Å². The number of morpholine rings is 1. The summed E-state index contributed by atoms with van der Waals surface area (Å²) in [7, 11) is 0. The topological polar surface area (TPSA) is 84.5 Å². The summed E-state index contributed by atoms with van der Waals surface area (Å²) >= 11 is 6.35. The molecule has 1 aromatic carbocycles. The number of carbonyl (C=O) groups excluding carboxylic acids is 1. The lowest BCUT2D eigenvalue weighted by Gasteiger charge is -2.23. The normalized spacial score (nSPS) is 19.7. The van der Waals surface area contributed by atoms with Crippen LogP contribution in [0.25, 0.3) is 11.1 Å². The van der Waals surface area contributed by atoms with Crippen molar-refractivity contribution in [2.45, 2.75) is 18.9 Å². The number of nitrogens with zero attached hydrogens (tertiary/aromatic N) is 1. The van der Waals surface area contributed by atoms with E-state index in [1.165, 1.54) is 18.3 Å². The summed E-state index contributed by atoms with van der Waals surface area (Å²) in [5.41, 5.74) is 1.87. The van der Waals surface area contributed by atoms with Gasteiger partial charge in [0.05, 0.1) is 11.6 Å². The van der Waals surface area contributed by atoms with Crippen LogP contribution >= 0.6 is 11.6 Å². The molecule has 3 N–H and O–H groups in total. The maximum absolute atomic E-state index is 14.4. The van der Waals surface area contributed by atoms with Crippen molar-refractivity contribution in [2.75, 3.05) is 50.1 Å². The van der Waals surface area contributed by atoms with Gasteiger partial charge < -0.3 is 25.4 Å². The number of pyridine rings is 1. The van der Waals surface area contributed by atoms with Crippen LogP contribution in [0.1, 0.15) is 12.8 Å². The molecule has 1 atom stereocenters. The summed E-state index contributed by atoms with van der Waals surface area (Å²) in [6.45, 7) is 3.93. The van der Waals surface area contributed by atoms with Crippen LogP contribution < -0.4 is 16.0 Å². The molecule has 166 valence electrons. The Kier molecular flexibility index (Phi) is 7.34. The van der Waals surface area contributed by atoms with Gasteiger partial charge in [0.25, 0.3) is 5.91 Å². The van der Waals surface area contributed by atoms with E-state index in [1.807, 2.05) is 6.07 Å². The summed E-state index contributed by atoms with van der Waals surface area (Å²) in [5.74, 6) is 0.181. The molecule has 2 aliphatic heterocycles. The Morgan fingerprint density at radius 3 is 2.84 bits per heavy atom. The van der Waals surface area contributed by atoms with Crippen LogP contribution in [0.4, 0.5) is 15.9 Å². The summed E-state index contributed by atoms with van der Waals surface area (Å²) in [6, 6.07) is 6.38. The highest BCUT2D eigenvalue weighted by Gasteiger charge is 2.22. The zero-order chi connectivity index (χ0) is 21.6. The van der Waals surface area contributed by atoms with E-state index in [9.17, 15) is 9.18 Å². The number of benzene rings is 1. The summed E-state index contributed by atoms with van der Waals surface area (Å²) in [5, 5.41) is 9.56. The summed E-state index contributed by atoms with van der Waals surface area (Å²) < 4.78 is 25.2. The Hall–Kier alpha value is -2.26. The number of hydrogen-bond donors (Lipinski definition) is 3. The van der Waals surface area contributed by atoms with E-state index in [0.717, 1.165) is 39.1 Å². The number of halogens is 2. The minimum absolute atomic E-state index is 0.286. The molecule has 4 rings (SSSR count). The van der Waals surface area contributed by atoms with E-state index in [2.05, 4.69) is 20.9 Å². The minimum Gasteiger partial charge on any atom is -0.385 e. The molecule has 31 heavy (non-hydrogen) atoms. The molecule has 2 saturated heterocycles. The second-order valence-electron chi connectivity index (χ2n) is 7.77. The third kappa shape index (κ3) is 5.92. The third-order valence-electron chi connectivity index (χ3n) is 5.47. The van der Waals surface area contributed by atoms with Gasteiger partial charge in [-0.2, -0.15) is 0 Å². The van der Waals surface area contributed by atoms with Crippen LogP contribution in [0.2, 0.25) is 5.02 Å². The second-order valence-corrected chi connectivity index (χ2v) is 8.17. The lowest BCUT2D eigenvalue weighted by Crippen LogP contribution is -2.45. The molecule has 0 saturated carbocycles. The van der Waals surface area contributed by atoms with Gasteiger partial charge in [0.2, 0.25) is 0 Å². The first-order valence-electron chi connectivity index (χ1n) is 10.5. The highest BCUT2D eigenvalue weighted by atomic mass is 35.5. The lowest BCUT2D eigenvalue weighted by molar-refractivity contribution is -0.128. The zero-order valence-electron chi connectivity index (χ0n) is 17.1. The Labute approximate surface area is 185 Å². The fraction of sp³-hybridized carbons (Fsp3) is 0.455. The van der Waals surface area contributed by atoms with Crippen molar-refractivity contribution >= 4 is 29.0 Å². The van der Waals surface area contributed by atoms with Gasteiger partial charge in [-0.1, -0.05) is 11.6 Å². The molecule has 0 radical (unpaired) electrons. The van der Waals surface area contributed by atoms with Crippen molar-refractivity contribution in [3.63, 3.8) is 0 Å². The molecule has 9 heteroatoms. The number of nitrogens with one attached hydrogen (secondary N) is 3. The van der Waals surface area contributed by atoms with Crippen molar-refractivity contribution in [3.05, 3.63) is 41.3 Å². The van der Waals surface area contributed by atoms with E-state index in [-0.39, 0.29) is 11.7 Å². The second kappa shape index (κ2) is 10.4. The molecule has 7 nitrogen and oxygen atoms in total. The Bertz CT molecular complexity index is 918. The smallest absolute Gasteiger partial charge is 0.255 e. The van der Waals surface area contributed by atoms with Gasteiger partial charge in [-0.25, -0.2) is 9.37 Å². The van der Waals surface area contributed by atoms with Crippen LogP contribution in [0, 0.1) is 11.7 Å². The van der Waals surface area contributed by atoms with Gasteiger partial charge in [-0.3, -0.25) is 4.79 Å². The monoisotopic (exact) mass is 448 g/mol. The van der Waals surface area contributed by atoms with Crippen LogP contribution in [0.3, 0.4) is 0 Å². The van der Waals surface area contributed by atoms with Gasteiger partial charge in [-0.15, -0.1) is 0 Å². The molecule has 3 heterocycles. The Balaban J connectivity index is 1.49. The largest absolute Gasteiger partial charge is 0.385 e. The van der Waals surface area contributed by atoms with E-state index < -0.39 is 6.10 Å². The van der Waals surface area contributed by atoms with Crippen molar-refractivity contribution in [1.82, 2.24) is 10.3 Å². The standard InChI is InChI=1S/C22H26ClFN4O3/c23-19-12-27-21(28-22(29)20-13-25-3-6-31-20)10-18(19)15-7-16(24)9-17(8-15)26-11-14-1-4-30-5-2-14/h7-10,12,14,20,25-26H,1-6,11,13H2,(H,27,28,29). The first-order chi connectivity index (χ1) is 15.1. The highest BCUT2D eigenvalue weighted by molar-refractivity contribution is 6.33. The molecule has 2 aliphatic rings. The molecule has 0 bridgehead atoms. The average molecular weight is 449 g/mol. The minimum atomic E-state index is -0.579. The number of hydrogen-bond acceptors (Lipinski definition) is 6. The van der Waals surface area contributed by atoms with Gasteiger partial charge in [-0.05, 0) is 48.6 Å². The van der Waals surface area contributed by atoms with Crippen molar-refractivity contribution in [1.29, 1.82) is 0 Å². The lowest BCUT2D eigenvalue weighted by atomic mass is 10.00. The maximum Gasteiger partial charge on any atom is 0.255 e. The quantitative estimate of drug-likeness (QED) is 0.628. The number of ether oxygens (including phenoxy) is 2. The molecule has 2 fully saturated rings. The first-order valence-corrected chi connectivity index (χ1v) is 10.9. The van der Waals surface area contributed by atoms with E-state index in [0.29, 0.717) is 46.7 Å². The molecule has 1 unspecified atom stereocenters. The summed E-state index contributed by atoms with van der Waals surface area (Å²) in [6.07, 6.45) is 2.86. The van der Waals surface area contributed by atoms with Crippen molar-refractivity contribution in [3.8, 4) is 11.1 Å². The van der Waals surface area contributed by atoms with Crippen LogP contribution in [-0.2, 0) is 14.3 Å². The molecular weight excluding hydrogens is 423 g/mol. The predicted octanol–water partition coefficient (Wildman–Crippen LogP) is 3.31. The molecule has 0 aliphatic carbocycles. The van der Waals surface area contributed by atoms with Gasteiger partial charge >= 0.3 is 0 Å². The number of rotatable bonds is 6. The molecular formula is C22H26ClFN4O3. The number of aromatic nitrogens is 1. The van der Waals surface area contributed by atoms with Gasteiger partial charge in [0, 0.05) is 50.3 Å². The Morgan fingerprint density at radius 2 is 2.06 bits per heavy atom. The predicted molar refractivity (Wildman–Crippen MR) is 118 cm³/mol. The SMILES string of the molecule is O=C(Nc1cc(-c2cc(F)cc(NCC3CCOCC3)c2)c(Cl)cn1)C1CNCCO1. The fourth-order valence-corrected chi connectivity index (χ4v) is 3.94. The fourth-order valence-electron chi connectivity index (χ4n) is 3.73. The molecule has 1 amide bonds. The van der Waals surface area contributed by atoms with Gasteiger partial charge in [0.1, 0.15) is 17.7 Å². The molecule has 2 aromatic rings. The van der Waals surface area contributed by atoms with Crippen LogP contribution in [-0.4, -0.2) is 56.5 Å². The van der Waals surface area contributed by atoms with Crippen LogP contribution in [0.5, 0.6) is 0 Å². The van der Waals surface area contributed by atoms with E-state index in [4.69, 9.17) is 21.1 Å². The van der Waals surface area contributed by atoms with Crippen molar-refractivity contribution < 1.29 is 18.7 Å². The van der Waals surface area contributed by atoms with Crippen molar-refractivity contribution in [2.24, 2.45) is 5.92 Å². The highest BCUT2D eigenvalue weighted by Crippen LogP contribution is 2.32. The summed E-state index contributed by atoms with van der Waals surface area (Å²) in [4.78, 5) is 16.6. The van der Waals surface area contributed by atoms with Crippen LogP contribution in [0.15, 0.2) is 30.5 Å². The molecule has 0 spiro atoms. The number of carbonyl (C=O) groups is 1. The molecule has 1 aromatic heterocycles. The zero-order valence-corrected chi connectivity index (χ0v) is 17.9. The van der Waals surface area contributed by atoms with E-state index in [1.54, 1.807) is 6.07 Å².